The summed E-state index contributed by atoms with van der Waals surface area (Å²) in [6.45, 7) is 8.71. The molecule has 0 bridgehead atoms. The normalized spacial score (nSPS) is 17.4. The maximum absolute atomic E-state index is 13.2. The summed E-state index contributed by atoms with van der Waals surface area (Å²) in [4.78, 5) is 33.8. The minimum Gasteiger partial charge on any atom is -0.454 e. The third kappa shape index (κ3) is 4.24. The molecule has 0 radical (unpaired) electrons. The van der Waals surface area contributed by atoms with Crippen molar-refractivity contribution in [3.05, 3.63) is 69.7 Å². The monoisotopic (exact) mass is 448 g/mol. The van der Waals surface area contributed by atoms with E-state index in [1.165, 1.54) is 0 Å². The van der Waals surface area contributed by atoms with Gasteiger partial charge in [-0.15, -0.1) is 0 Å². The molecule has 2 aliphatic rings. The first-order chi connectivity index (χ1) is 16.0. The van der Waals surface area contributed by atoms with Crippen molar-refractivity contribution in [3.63, 3.8) is 0 Å². The lowest BCUT2D eigenvalue weighted by Crippen LogP contribution is -2.36. The lowest BCUT2D eigenvalue weighted by Gasteiger charge is -2.28. The van der Waals surface area contributed by atoms with E-state index in [0.29, 0.717) is 43.0 Å². The molecule has 4 heterocycles. The van der Waals surface area contributed by atoms with Crippen LogP contribution in [0.15, 0.2) is 45.6 Å². The van der Waals surface area contributed by atoms with Gasteiger partial charge in [0.15, 0.2) is 5.76 Å². The van der Waals surface area contributed by atoms with Crippen LogP contribution in [0.1, 0.15) is 34.1 Å². The largest absolute Gasteiger partial charge is 0.454 e. The Bertz CT molecular complexity index is 1280. The van der Waals surface area contributed by atoms with Crippen LogP contribution in [0.25, 0.3) is 16.6 Å². The van der Waals surface area contributed by atoms with Crippen molar-refractivity contribution in [2.75, 3.05) is 39.4 Å². The van der Waals surface area contributed by atoms with E-state index in [1.54, 1.807) is 11.0 Å². The second-order valence-corrected chi connectivity index (χ2v) is 8.63. The van der Waals surface area contributed by atoms with Crippen LogP contribution < -0.4 is 5.56 Å². The summed E-state index contributed by atoms with van der Waals surface area (Å²) in [5.74, 6) is 1.80. The Morgan fingerprint density at radius 2 is 1.91 bits per heavy atom. The fourth-order valence-corrected chi connectivity index (χ4v) is 4.65. The van der Waals surface area contributed by atoms with Gasteiger partial charge < -0.3 is 18.6 Å². The number of rotatable bonds is 4. The van der Waals surface area contributed by atoms with Gasteiger partial charge >= 0.3 is 0 Å². The van der Waals surface area contributed by atoms with Crippen LogP contribution in [-0.4, -0.2) is 64.7 Å². The zero-order valence-electron chi connectivity index (χ0n) is 19.0. The van der Waals surface area contributed by atoms with Crippen LogP contribution in [0.4, 0.5) is 0 Å². The van der Waals surface area contributed by atoms with E-state index in [9.17, 15) is 9.59 Å². The highest BCUT2D eigenvalue weighted by atomic mass is 16.5. The van der Waals surface area contributed by atoms with Gasteiger partial charge in [0.05, 0.1) is 30.7 Å². The standard InChI is InChI=1S/C25H28N4O4/c1-17-15-20(16-27-11-13-32-14-12-27)33-23(17)25(31)28-9-7-19(8-10-28)29-18(2)26-24(30)21-5-3-4-6-22(21)29/h3-7,15H,8-14,16H2,1-2H3. The molecular weight excluding hydrogens is 420 g/mol. The molecule has 8 heteroatoms. The van der Waals surface area contributed by atoms with Crippen molar-refractivity contribution in [2.24, 2.45) is 0 Å². The Morgan fingerprint density at radius 1 is 1.12 bits per heavy atom. The van der Waals surface area contributed by atoms with E-state index in [2.05, 4.69) is 9.88 Å². The SMILES string of the molecule is Cc1cc(CN2CCOCC2)oc1C(=O)N1CC=C(n2c(C)nc(=O)c3ccccc32)CC1. The first-order valence-corrected chi connectivity index (χ1v) is 11.4. The molecular formula is C25H28N4O4. The quantitative estimate of drug-likeness (QED) is 0.611. The molecule has 8 nitrogen and oxygen atoms in total. The number of carbonyl (C=O) groups is 1. The highest BCUT2D eigenvalue weighted by Gasteiger charge is 2.25. The predicted molar refractivity (Wildman–Crippen MR) is 125 cm³/mol. The number of benzene rings is 1. The summed E-state index contributed by atoms with van der Waals surface area (Å²) >= 11 is 0. The molecule has 33 heavy (non-hydrogen) atoms. The van der Waals surface area contributed by atoms with E-state index < -0.39 is 0 Å². The number of carbonyl (C=O) groups excluding carboxylic acids is 1. The first kappa shape index (κ1) is 21.6. The second kappa shape index (κ2) is 8.96. The van der Waals surface area contributed by atoms with E-state index in [-0.39, 0.29) is 11.5 Å². The van der Waals surface area contributed by atoms with Crippen molar-refractivity contribution in [2.45, 2.75) is 26.8 Å². The van der Waals surface area contributed by atoms with E-state index >= 15 is 0 Å². The van der Waals surface area contributed by atoms with E-state index in [4.69, 9.17) is 9.15 Å². The number of hydrogen-bond acceptors (Lipinski definition) is 6. The van der Waals surface area contributed by atoms with Crippen molar-refractivity contribution >= 4 is 22.5 Å². The van der Waals surface area contributed by atoms with Gasteiger partial charge in [0, 0.05) is 43.9 Å². The number of furan rings is 1. The minimum absolute atomic E-state index is 0.0874. The molecule has 1 amide bonds. The summed E-state index contributed by atoms with van der Waals surface area (Å²) in [6.07, 6.45) is 2.71. The Hall–Kier alpha value is -3.23. The topological polar surface area (TPSA) is 80.8 Å². The van der Waals surface area contributed by atoms with Crippen molar-refractivity contribution in [3.8, 4) is 0 Å². The number of morpholine rings is 1. The van der Waals surface area contributed by atoms with E-state index in [0.717, 1.165) is 48.8 Å². The van der Waals surface area contributed by atoms with Gasteiger partial charge in [-0.25, -0.2) is 0 Å². The van der Waals surface area contributed by atoms with Crippen LogP contribution >= 0.6 is 0 Å². The van der Waals surface area contributed by atoms with Crippen LogP contribution in [0.2, 0.25) is 0 Å². The molecule has 0 N–H and O–H groups in total. The van der Waals surface area contributed by atoms with Gasteiger partial charge in [0.2, 0.25) is 0 Å². The number of aromatic nitrogens is 2. The molecule has 1 aromatic carbocycles. The number of aryl methyl sites for hydroxylation is 2. The Labute approximate surface area is 192 Å². The Balaban J connectivity index is 1.34. The maximum Gasteiger partial charge on any atom is 0.290 e. The molecule has 1 fully saturated rings. The number of para-hydroxylation sites is 1. The lowest BCUT2D eigenvalue weighted by molar-refractivity contribution is 0.0310. The summed E-state index contributed by atoms with van der Waals surface area (Å²) in [6, 6.07) is 9.47. The van der Waals surface area contributed by atoms with Gasteiger partial charge in [0.25, 0.3) is 11.5 Å². The summed E-state index contributed by atoms with van der Waals surface area (Å²) in [5.41, 5.74) is 2.54. The Kier molecular flexibility index (Phi) is 5.86. The van der Waals surface area contributed by atoms with Gasteiger partial charge in [-0.1, -0.05) is 12.1 Å². The highest BCUT2D eigenvalue weighted by Crippen LogP contribution is 2.25. The predicted octanol–water partition coefficient (Wildman–Crippen LogP) is 2.83. The van der Waals surface area contributed by atoms with Gasteiger partial charge in [-0.3, -0.25) is 14.5 Å². The molecule has 3 aromatic rings. The molecule has 0 aliphatic carbocycles. The molecule has 0 saturated carbocycles. The van der Waals surface area contributed by atoms with Crippen LogP contribution in [0.5, 0.6) is 0 Å². The molecule has 0 atom stereocenters. The number of nitrogens with zero attached hydrogens (tertiary/aromatic N) is 4. The molecule has 0 unspecified atom stereocenters. The zero-order chi connectivity index (χ0) is 22.9. The zero-order valence-corrected chi connectivity index (χ0v) is 19.0. The first-order valence-electron chi connectivity index (χ1n) is 11.4. The van der Waals surface area contributed by atoms with Crippen molar-refractivity contribution in [1.82, 2.24) is 19.4 Å². The molecule has 1 saturated heterocycles. The lowest BCUT2D eigenvalue weighted by atomic mass is 10.1. The summed E-state index contributed by atoms with van der Waals surface area (Å²) in [7, 11) is 0. The smallest absolute Gasteiger partial charge is 0.290 e. The fourth-order valence-electron chi connectivity index (χ4n) is 4.65. The van der Waals surface area contributed by atoms with Gasteiger partial charge in [0.1, 0.15) is 11.6 Å². The van der Waals surface area contributed by atoms with Gasteiger partial charge in [-0.05, 0) is 38.1 Å². The molecule has 0 spiro atoms. The van der Waals surface area contributed by atoms with Crippen LogP contribution in [0.3, 0.4) is 0 Å². The minimum atomic E-state index is -0.214. The molecule has 2 aliphatic heterocycles. The average Bonchev–Trinajstić information content (AvgIpc) is 3.19. The van der Waals surface area contributed by atoms with Crippen molar-refractivity contribution in [1.29, 1.82) is 0 Å². The third-order valence-electron chi connectivity index (χ3n) is 6.37. The van der Waals surface area contributed by atoms with Crippen LogP contribution in [-0.2, 0) is 11.3 Å². The summed E-state index contributed by atoms with van der Waals surface area (Å²) in [5, 5.41) is 0.599. The maximum atomic E-state index is 13.2. The second-order valence-electron chi connectivity index (χ2n) is 8.63. The number of ether oxygens (including phenoxy) is 1. The fraction of sp³-hybridized carbons (Fsp3) is 0.400. The van der Waals surface area contributed by atoms with Crippen LogP contribution in [0, 0.1) is 13.8 Å². The highest BCUT2D eigenvalue weighted by molar-refractivity contribution is 5.93. The number of hydrogen-bond donors (Lipinski definition) is 0. The Morgan fingerprint density at radius 3 is 2.67 bits per heavy atom. The van der Waals surface area contributed by atoms with E-state index in [1.807, 2.05) is 48.8 Å². The number of fused-ring (bicyclic) bond motifs is 1. The molecule has 5 rings (SSSR count). The summed E-state index contributed by atoms with van der Waals surface area (Å²) < 4.78 is 13.4. The average molecular weight is 449 g/mol. The third-order valence-corrected chi connectivity index (χ3v) is 6.37. The molecule has 172 valence electrons. The van der Waals surface area contributed by atoms with Gasteiger partial charge in [-0.2, -0.15) is 4.98 Å². The molecule has 2 aromatic heterocycles. The number of amides is 1. The van der Waals surface area contributed by atoms with Crippen molar-refractivity contribution < 1.29 is 13.9 Å².